The second-order valence-electron chi connectivity index (χ2n) is 4.07. The molecule has 1 aromatic rings. The van der Waals surface area contributed by atoms with Gasteiger partial charge in [0.2, 0.25) is 5.91 Å². The zero-order valence-electron chi connectivity index (χ0n) is 10.9. The standard InChI is InChI=1S/C13H17N3O2S/c1-9(2)16-11(17)8-15-13(18)12-10(4-3-6-14)5-7-19-12/h5,7,9H,6,8,14H2,1-2H3,(H,15,18)(H,16,17). The molecule has 5 nitrogen and oxygen atoms in total. The molecular weight excluding hydrogens is 262 g/mol. The third kappa shape index (κ3) is 5.12. The highest BCUT2D eigenvalue weighted by atomic mass is 32.1. The average molecular weight is 279 g/mol. The molecule has 0 saturated heterocycles. The molecule has 1 heterocycles. The van der Waals surface area contributed by atoms with Crippen LogP contribution in [0, 0.1) is 11.8 Å². The van der Waals surface area contributed by atoms with Crippen LogP contribution in [-0.2, 0) is 4.79 Å². The molecule has 0 bridgehead atoms. The van der Waals surface area contributed by atoms with Gasteiger partial charge in [-0.15, -0.1) is 11.3 Å². The highest BCUT2D eigenvalue weighted by molar-refractivity contribution is 7.12. The summed E-state index contributed by atoms with van der Waals surface area (Å²) in [5, 5.41) is 7.05. The number of hydrogen-bond acceptors (Lipinski definition) is 4. The first kappa shape index (κ1) is 15.2. The van der Waals surface area contributed by atoms with Gasteiger partial charge in [-0.25, -0.2) is 0 Å². The molecule has 0 aliphatic carbocycles. The fourth-order valence-corrected chi connectivity index (χ4v) is 2.11. The van der Waals surface area contributed by atoms with E-state index in [1.54, 1.807) is 11.4 Å². The van der Waals surface area contributed by atoms with Crippen molar-refractivity contribution < 1.29 is 9.59 Å². The minimum absolute atomic E-state index is 0.0430. The number of amides is 2. The Balaban J connectivity index is 2.59. The summed E-state index contributed by atoms with van der Waals surface area (Å²) in [6.07, 6.45) is 0. The molecule has 0 aliphatic rings. The molecule has 0 radical (unpaired) electrons. The van der Waals surface area contributed by atoms with Gasteiger partial charge in [0.05, 0.1) is 13.1 Å². The lowest BCUT2D eigenvalue weighted by Gasteiger charge is -2.08. The molecular formula is C13H17N3O2S. The highest BCUT2D eigenvalue weighted by Crippen LogP contribution is 2.15. The molecule has 0 spiro atoms. The summed E-state index contributed by atoms with van der Waals surface area (Å²) in [6, 6.07) is 1.81. The third-order valence-corrected chi connectivity index (χ3v) is 2.97. The van der Waals surface area contributed by atoms with Crippen molar-refractivity contribution in [3.8, 4) is 11.8 Å². The highest BCUT2D eigenvalue weighted by Gasteiger charge is 2.13. The van der Waals surface area contributed by atoms with Gasteiger partial charge in [-0.2, -0.15) is 0 Å². The Kier molecular flexibility index (Phi) is 6.06. The van der Waals surface area contributed by atoms with Crippen molar-refractivity contribution in [3.63, 3.8) is 0 Å². The number of hydrogen-bond donors (Lipinski definition) is 3. The van der Waals surface area contributed by atoms with E-state index in [4.69, 9.17) is 5.73 Å². The molecule has 0 aromatic carbocycles. The van der Waals surface area contributed by atoms with Crippen LogP contribution in [0.1, 0.15) is 29.1 Å². The fraction of sp³-hybridized carbons (Fsp3) is 0.385. The number of carbonyl (C=O) groups excluding carboxylic acids is 2. The van der Waals surface area contributed by atoms with Gasteiger partial charge in [0.15, 0.2) is 0 Å². The summed E-state index contributed by atoms with van der Waals surface area (Å²) in [5.41, 5.74) is 5.93. The molecule has 0 atom stereocenters. The van der Waals surface area contributed by atoms with Crippen molar-refractivity contribution >= 4 is 23.2 Å². The average Bonchev–Trinajstić information content (AvgIpc) is 2.80. The van der Waals surface area contributed by atoms with E-state index in [-0.39, 0.29) is 30.9 Å². The molecule has 0 aliphatic heterocycles. The van der Waals surface area contributed by atoms with E-state index in [2.05, 4.69) is 22.5 Å². The molecule has 1 rings (SSSR count). The van der Waals surface area contributed by atoms with E-state index in [1.165, 1.54) is 11.3 Å². The number of nitrogens with two attached hydrogens (primary N) is 1. The molecule has 0 unspecified atom stereocenters. The third-order valence-electron chi connectivity index (χ3n) is 2.06. The number of thiophene rings is 1. The van der Waals surface area contributed by atoms with E-state index in [0.717, 1.165) is 0 Å². The van der Waals surface area contributed by atoms with Crippen LogP contribution >= 0.6 is 11.3 Å². The van der Waals surface area contributed by atoms with E-state index >= 15 is 0 Å². The summed E-state index contributed by atoms with van der Waals surface area (Å²) in [6.45, 7) is 3.92. The van der Waals surface area contributed by atoms with Crippen LogP contribution in [0.2, 0.25) is 0 Å². The van der Waals surface area contributed by atoms with Gasteiger partial charge in [0.25, 0.3) is 5.91 Å². The van der Waals surface area contributed by atoms with Crippen LogP contribution in [0.4, 0.5) is 0 Å². The lowest BCUT2D eigenvalue weighted by Crippen LogP contribution is -2.39. The Morgan fingerprint density at radius 1 is 1.47 bits per heavy atom. The second-order valence-corrected chi connectivity index (χ2v) is 4.99. The van der Waals surface area contributed by atoms with Crippen LogP contribution in [0.25, 0.3) is 0 Å². The molecule has 0 fully saturated rings. The molecule has 19 heavy (non-hydrogen) atoms. The topological polar surface area (TPSA) is 84.2 Å². The summed E-state index contributed by atoms with van der Waals surface area (Å²) < 4.78 is 0. The smallest absolute Gasteiger partial charge is 0.263 e. The van der Waals surface area contributed by atoms with Gasteiger partial charge >= 0.3 is 0 Å². The first-order valence-corrected chi connectivity index (χ1v) is 6.76. The summed E-state index contributed by atoms with van der Waals surface area (Å²) in [7, 11) is 0. The van der Waals surface area contributed by atoms with Crippen molar-refractivity contribution in [1.29, 1.82) is 0 Å². The van der Waals surface area contributed by atoms with Crippen molar-refractivity contribution in [1.82, 2.24) is 10.6 Å². The number of rotatable bonds is 4. The van der Waals surface area contributed by atoms with Gasteiger partial charge in [0, 0.05) is 11.6 Å². The first-order valence-electron chi connectivity index (χ1n) is 5.88. The van der Waals surface area contributed by atoms with Crippen molar-refractivity contribution in [2.45, 2.75) is 19.9 Å². The Morgan fingerprint density at radius 2 is 2.21 bits per heavy atom. The Bertz CT molecular complexity index is 511. The van der Waals surface area contributed by atoms with Gasteiger partial charge in [-0.3, -0.25) is 9.59 Å². The van der Waals surface area contributed by atoms with Crippen LogP contribution in [0.3, 0.4) is 0 Å². The lowest BCUT2D eigenvalue weighted by atomic mass is 10.2. The van der Waals surface area contributed by atoms with Crippen molar-refractivity contribution in [3.05, 3.63) is 21.9 Å². The minimum atomic E-state index is -0.296. The van der Waals surface area contributed by atoms with Crippen LogP contribution < -0.4 is 16.4 Å². The SMILES string of the molecule is CC(C)NC(=O)CNC(=O)c1sccc1C#CCN. The van der Waals surface area contributed by atoms with Gasteiger partial charge in [-0.1, -0.05) is 11.8 Å². The summed E-state index contributed by atoms with van der Waals surface area (Å²) >= 11 is 1.29. The second kappa shape index (κ2) is 7.56. The predicted molar refractivity (Wildman–Crippen MR) is 75.9 cm³/mol. The molecule has 2 amide bonds. The van der Waals surface area contributed by atoms with Crippen molar-refractivity contribution in [2.75, 3.05) is 13.1 Å². The number of nitrogens with one attached hydrogen (secondary N) is 2. The van der Waals surface area contributed by atoms with E-state index in [1.807, 2.05) is 13.8 Å². The minimum Gasteiger partial charge on any atom is -0.352 e. The number of carbonyl (C=O) groups is 2. The zero-order valence-corrected chi connectivity index (χ0v) is 11.8. The van der Waals surface area contributed by atoms with E-state index < -0.39 is 0 Å². The van der Waals surface area contributed by atoms with Crippen LogP contribution in [0.15, 0.2) is 11.4 Å². The maximum atomic E-state index is 11.9. The predicted octanol–water partition coefficient (Wildman–Crippen LogP) is 0.313. The van der Waals surface area contributed by atoms with Gasteiger partial charge < -0.3 is 16.4 Å². The maximum Gasteiger partial charge on any atom is 0.263 e. The monoisotopic (exact) mass is 279 g/mol. The maximum absolute atomic E-state index is 11.9. The van der Waals surface area contributed by atoms with E-state index in [0.29, 0.717) is 10.4 Å². The quantitative estimate of drug-likeness (QED) is 0.694. The molecule has 6 heteroatoms. The Hall–Kier alpha value is -1.84. The molecule has 102 valence electrons. The summed E-state index contributed by atoms with van der Waals surface area (Å²) in [5.74, 6) is 5.02. The van der Waals surface area contributed by atoms with Gasteiger partial charge in [-0.05, 0) is 25.3 Å². The zero-order chi connectivity index (χ0) is 14.3. The van der Waals surface area contributed by atoms with Gasteiger partial charge in [0.1, 0.15) is 4.88 Å². The van der Waals surface area contributed by atoms with Crippen LogP contribution in [0.5, 0.6) is 0 Å². The Morgan fingerprint density at radius 3 is 2.84 bits per heavy atom. The van der Waals surface area contributed by atoms with Crippen LogP contribution in [-0.4, -0.2) is 30.9 Å². The van der Waals surface area contributed by atoms with E-state index in [9.17, 15) is 9.59 Å². The summed E-state index contributed by atoms with van der Waals surface area (Å²) in [4.78, 5) is 23.8. The Labute approximate surface area is 116 Å². The normalized spacial score (nSPS) is 9.68. The largest absolute Gasteiger partial charge is 0.352 e. The fourth-order valence-electron chi connectivity index (χ4n) is 1.34. The first-order chi connectivity index (χ1) is 9.04. The lowest BCUT2D eigenvalue weighted by molar-refractivity contribution is -0.120. The molecule has 4 N–H and O–H groups in total. The molecule has 1 aromatic heterocycles. The molecule has 0 saturated carbocycles. The van der Waals surface area contributed by atoms with Crippen molar-refractivity contribution in [2.24, 2.45) is 5.73 Å².